The highest BCUT2D eigenvalue weighted by Crippen LogP contribution is 2.18. The standard InChI is InChI=1S/C23H22N6/c1-15-10-19-12-17(3-5-21(19)28-15)14-27-23-25-9-7-22(29-23)26-13-16-2-4-20-18(11-16)6-8-24-20/h2-12,24,28H,13-14H2,1H3,(H2,25,26,27,29). The second-order valence-corrected chi connectivity index (χ2v) is 7.25. The largest absolute Gasteiger partial charge is 0.366 e. The molecule has 3 heterocycles. The lowest BCUT2D eigenvalue weighted by atomic mass is 10.1. The zero-order valence-corrected chi connectivity index (χ0v) is 16.2. The lowest BCUT2D eigenvalue weighted by Crippen LogP contribution is -2.06. The van der Waals surface area contributed by atoms with Crippen molar-refractivity contribution >= 4 is 33.6 Å². The van der Waals surface area contributed by atoms with Crippen molar-refractivity contribution in [2.24, 2.45) is 0 Å². The van der Waals surface area contributed by atoms with Crippen LogP contribution < -0.4 is 10.6 Å². The molecule has 2 aromatic carbocycles. The maximum atomic E-state index is 4.58. The van der Waals surface area contributed by atoms with Crippen LogP contribution in [0.4, 0.5) is 11.8 Å². The van der Waals surface area contributed by atoms with E-state index in [0.29, 0.717) is 19.0 Å². The van der Waals surface area contributed by atoms with Crippen LogP contribution in [0.15, 0.2) is 67.0 Å². The maximum Gasteiger partial charge on any atom is 0.224 e. The normalized spacial score (nSPS) is 11.2. The lowest BCUT2D eigenvalue weighted by Gasteiger charge is -2.09. The van der Waals surface area contributed by atoms with Crippen LogP contribution in [0, 0.1) is 6.92 Å². The lowest BCUT2D eigenvalue weighted by molar-refractivity contribution is 1.04. The van der Waals surface area contributed by atoms with E-state index in [0.717, 1.165) is 16.9 Å². The molecule has 0 amide bonds. The van der Waals surface area contributed by atoms with Gasteiger partial charge in [0.2, 0.25) is 5.95 Å². The molecule has 4 N–H and O–H groups in total. The molecule has 29 heavy (non-hydrogen) atoms. The molecule has 0 spiro atoms. The Balaban J connectivity index is 1.23. The van der Waals surface area contributed by atoms with Crippen LogP contribution in [0.25, 0.3) is 21.8 Å². The summed E-state index contributed by atoms with van der Waals surface area (Å²) in [6, 6.07) is 18.9. The van der Waals surface area contributed by atoms with Crippen LogP contribution in [0.5, 0.6) is 0 Å². The SMILES string of the molecule is Cc1cc2cc(CNc3nccc(NCc4ccc5[nH]ccc5c4)n3)ccc2[nH]1. The van der Waals surface area contributed by atoms with E-state index in [1.54, 1.807) is 6.20 Å². The molecule has 0 aliphatic heterocycles. The van der Waals surface area contributed by atoms with Crippen LogP contribution in [-0.2, 0) is 13.1 Å². The summed E-state index contributed by atoms with van der Waals surface area (Å²) in [7, 11) is 0. The van der Waals surface area contributed by atoms with E-state index >= 15 is 0 Å². The first kappa shape index (κ1) is 17.3. The van der Waals surface area contributed by atoms with Crippen molar-refractivity contribution in [2.75, 3.05) is 10.6 Å². The number of aryl methyl sites for hydroxylation is 1. The topological polar surface area (TPSA) is 81.4 Å². The molecule has 0 unspecified atom stereocenters. The average molecular weight is 382 g/mol. The van der Waals surface area contributed by atoms with Crippen LogP contribution in [0.1, 0.15) is 16.8 Å². The number of hydrogen-bond donors (Lipinski definition) is 4. The zero-order chi connectivity index (χ0) is 19.6. The molecule has 0 radical (unpaired) electrons. The number of nitrogens with zero attached hydrogens (tertiary/aromatic N) is 2. The molecule has 5 rings (SSSR count). The van der Waals surface area contributed by atoms with Gasteiger partial charge in [0.1, 0.15) is 5.82 Å². The molecule has 0 saturated heterocycles. The van der Waals surface area contributed by atoms with E-state index < -0.39 is 0 Å². The Hall–Kier alpha value is -3.80. The van der Waals surface area contributed by atoms with Gasteiger partial charge in [-0.25, -0.2) is 4.98 Å². The molecule has 6 nitrogen and oxygen atoms in total. The summed E-state index contributed by atoms with van der Waals surface area (Å²) in [5.74, 6) is 1.41. The van der Waals surface area contributed by atoms with Gasteiger partial charge in [0.05, 0.1) is 0 Å². The molecular weight excluding hydrogens is 360 g/mol. The predicted molar refractivity (Wildman–Crippen MR) is 118 cm³/mol. The highest BCUT2D eigenvalue weighted by Gasteiger charge is 2.03. The number of fused-ring (bicyclic) bond motifs is 2. The first-order valence-corrected chi connectivity index (χ1v) is 9.68. The van der Waals surface area contributed by atoms with Gasteiger partial charge in [-0.3, -0.25) is 0 Å². The minimum atomic E-state index is 0.612. The summed E-state index contributed by atoms with van der Waals surface area (Å²) in [6.07, 6.45) is 3.73. The molecule has 0 saturated carbocycles. The number of nitrogens with one attached hydrogen (secondary N) is 4. The van der Waals surface area contributed by atoms with Gasteiger partial charge in [0, 0.05) is 42.2 Å². The number of anilines is 2. The number of benzene rings is 2. The first-order valence-electron chi connectivity index (χ1n) is 9.68. The van der Waals surface area contributed by atoms with E-state index in [2.05, 4.69) is 86.0 Å². The van der Waals surface area contributed by atoms with Crippen molar-refractivity contribution in [3.63, 3.8) is 0 Å². The molecule has 144 valence electrons. The third-order valence-corrected chi connectivity index (χ3v) is 5.02. The Kier molecular flexibility index (Phi) is 4.37. The summed E-state index contributed by atoms with van der Waals surface area (Å²) in [5.41, 5.74) is 5.88. The first-order chi connectivity index (χ1) is 14.2. The molecule has 5 aromatic rings. The summed E-state index contributed by atoms with van der Waals surface area (Å²) in [5, 5.41) is 9.12. The second-order valence-electron chi connectivity index (χ2n) is 7.25. The second kappa shape index (κ2) is 7.31. The fourth-order valence-electron chi connectivity index (χ4n) is 3.57. The van der Waals surface area contributed by atoms with Gasteiger partial charge < -0.3 is 20.6 Å². The Bertz CT molecular complexity index is 1280. The van der Waals surface area contributed by atoms with Crippen molar-refractivity contribution in [1.29, 1.82) is 0 Å². The van der Waals surface area contributed by atoms with E-state index in [4.69, 9.17) is 0 Å². The van der Waals surface area contributed by atoms with Gasteiger partial charge in [-0.1, -0.05) is 12.1 Å². The number of H-pyrrole nitrogens is 2. The van der Waals surface area contributed by atoms with E-state index in [-0.39, 0.29) is 0 Å². The van der Waals surface area contributed by atoms with Crippen molar-refractivity contribution in [3.8, 4) is 0 Å². The quantitative estimate of drug-likeness (QED) is 0.334. The van der Waals surface area contributed by atoms with Gasteiger partial charge >= 0.3 is 0 Å². The van der Waals surface area contributed by atoms with E-state index in [1.807, 2.05) is 12.3 Å². The molecule has 0 atom stereocenters. The minimum Gasteiger partial charge on any atom is -0.366 e. The van der Waals surface area contributed by atoms with Crippen LogP contribution in [0.3, 0.4) is 0 Å². The van der Waals surface area contributed by atoms with Crippen LogP contribution >= 0.6 is 0 Å². The van der Waals surface area contributed by atoms with E-state index in [9.17, 15) is 0 Å². The molecule has 3 aromatic heterocycles. The molecular formula is C23H22N6. The number of aromatic amines is 2. The Morgan fingerprint density at radius 2 is 1.62 bits per heavy atom. The smallest absolute Gasteiger partial charge is 0.224 e. The third-order valence-electron chi connectivity index (χ3n) is 5.02. The molecule has 0 bridgehead atoms. The summed E-state index contributed by atoms with van der Waals surface area (Å²) < 4.78 is 0. The molecule has 6 heteroatoms. The summed E-state index contributed by atoms with van der Waals surface area (Å²) in [4.78, 5) is 15.5. The predicted octanol–water partition coefficient (Wildman–Crippen LogP) is 4.97. The Labute approximate surface area is 168 Å². The zero-order valence-electron chi connectivity index (χ0n) is 16.2. The van der Waals surface area contributed by atoms with Crippen LogP contribution in [0.2, 0.25) is 0 Å². The number of aromatic nitrogens is 4. The minimum absolute atomic E-state index is 0.612. The molecule has 0 aliphatic carbocycles. The van der Waals surface area contributed by atoms with Gasteiger partial charge in [-0.2, -0.15) is 4.98 Å². The fourth-order valence-corrected chi connectivity index (χ4v) is 3.57. The average Bonchev–Trinajstić information content (AvgIpc) is 3.35. The highest BCUT2D eigenvalue weighted by molar-refractivity contribution is 5.81. The van der Waals surface area contributed by atoms with Crippen molar-refractivity contribution in [1.82, 2.24) is 19.9 Å². The van der Waals surface area contributed by atoms with Gasteiger partial charge in [-0.15, -0.1) is 0 Å². The van der Waals surface area contributed by atoms with Crippen molar-refractivity contribution in [2.45, 2.75) is 20.0 Å². The fraction of sp³-hybridized carbons (Fsp3) is 0.130. The number of rotatable bonds is 6. The maximum absolute atomic E-state index is 4.58. The molecule has 0 fully saturated rings. The van der Waals surface area contributed by atoms with Gasteiger partial charge in [0.25, 0.3) is 0 Å². The van der Waals surface area contributed by atoms with Crippen molar-refractivity contribution < 1.29 is 0 Å². The van der Waals surface area contributed by atoms with E-state index in [1.165, 1.54) is 27.6 Å². The number of hydrogen-bond acceptors (Lipinski definition) is 4. The van der Waals surface area contributed by atoms with Crippen LogP contribution in [-0.4, -0.2) is 19.9 Å². The van der Waals surface area contributed by atoms with Gasteiger partial charge in [0.15, 0.2) is 0 Å². The van der Waals surface area contributed by atoms with Crippen molar-refractivity contribution in [3.05, 3.63) is 83.8 Å². The Morgan fingerprint density at radius 1 is 0.828 bits per heavy atom. The Morgan fingerprint density at radius 3 is 2.52 bits per heavy atom. The monoisotopic (exact) mass is 382 g/mol. The third kappa shape index (κ3) is 3.78. The summed E-state index contributed by atoms with van der Waals surface area (Å²) in [6.45, 7) is 3.45. The molecule has 0 aliphatic rings. The summed E-state index contributed by atoms with van der Waals surface area (Å²) >= 11 is 0. The van der Waals surface area contributed by atoms with Gasteiger partial charge in [-0.05, 0) is 71.3 Å². The highest BCUT2D eigenvalue weighted by atomic mass is 15.1.